The van der Waals surface area contributed by atoms with E-state index in [-0.39, 0.29) is 0 Å². The number of aliphatic hydroxyl groups is 2. The molecule has 2 N–H and O–H groups in total. The number of carbonyl (C=O) groups excluding carboxylic acids is 1. The van der Waals surface area contributed by atoms with E-state index in [1.807, 2.05) is 30.3 Å². The van der Waals surface area contributed by atoms with Crippen molar-refractivity contribution in [2.24, 2.45) is 5.92 Å². The van der Waals surface area contributed by atoms with Crippen molar-refractivity contribution in [1.82, 2.24) is 0 Å². The van der Waals surface area contributed by atoms with Gasteiger partial charge in [-0.3, -0.25) is 4.79 Å². The summed E-state index contributed by atoms with van der Waals surface area (Å²) < 4.78 is 0. The quantitative estimate of drug-likeness (QED) is 0.743. The summed E-state index contributed by atoms with van der Waals surface area (Å²) >= 11 is 0. The van der Waals surface area contributed by atoms with Crippen molar-refractivity contribution in [3.8, 4) is 0 Å². The molecule has 1 aromatic rings. The van der Waals surface area contributed by atoms with Gasteiger partial charge < -0.3 is 10.2 Å². The third-order valence-electron chi connectivity index (χ3n) is 2.27. The molecule has 0 aliphatic heterocycles. The summed E-state index contributed by atoms with van der Waals surface area (Å²) in [6.45, 7) is 3.08. The second-order valence-electron chi connectivity index (χ2n) is 3.52. The first-order valence-corrected chi connectivity index (χ1v) is 4.83. The Balaban J connectivity index is 2.56. The lowest BCUT2D eigenvalue weighted by atomic mass is 9.94. The summed E-state index contributed by atoms with van der Waals surface area (Å²) in [4.78, 5) is 11.0. The van der Waals surface area contributed by atoms with Crippen molar-refractivity contribution in [1.29, 1.82) is 0 Å². The van der Waals surface area contributed by atoms with Gasteiger partial charge in [0.2, 0.25) is 0 Å². The van der Waals surface area contributed by atoms with E-state index in [2.05, 4.69) is 6.92 Å². The zero-order chi connectivity index (χ0) is 11.3. The molecule has 0 bridgehead atoms. The molecule has 0 spiro atoms. The summed E-state index contributed by atoms with van der Waals surface area (Å²) in [6.07, 6.45) is -0.663. The van der Waals surface area contributed by atoms with E-state index in [4.69, 9.17) is 5.11 Å². The van der Waals surface area contributed by atoms with Crippen molar-refractivity contribution >= 4 is 5.78 Å². The predicted molar refractivity (Wildman–Crippen MR) is 57.1 cm³/mol. The van der Waals surface area contributed by atoms with Gasteiger partial charge in [-0.1, -0.05) is 30.3 Å². The Kier molecular flexibility index (Phi) is 4.46. The van der Waals surface area contributed by atoms with Crippen LogP contribution in [0.1, 0.15) is 5.56 Å². The fraction of sp³-hybridized carbons (Fsp3) is 0.333. The summed E-state index contributed by atoms with van der Waals surface area (Å²) in [6, 6.07) is 9.50. The number of rotatable bonds is 5. The van der Waals surface area contributed by atoms with Gasteiger partial charge in [-0.25, -0.2) is 0 Å². The molecule has 2 atom stereocenters. The summed E-state index contributed by atoms with van der Waals surface area (Å²) in [5, 5.41) is 18.1. The highest BCUT2D eigenvalue weighted by molar-refractivity contribution is 5.84. The van der Waals surface area contributed by atoms with Crippen LogP contribution in [-0.4, -0.2) is 28.7 Å². The van der Waals surface area contributed by atoms with Crippen LogP contribution in [0.3, 0.4) is 0 Å². The number of ketones is 1. The van der Waals surface area contributed by atoms with Gasteiger partial charge in [-0.05, 0) is 24.8 Å². The minimum atomic E-state index is -1.18. The lowest BCUT2D eigenvalue weighted by Gasteiger charge is -2.16. The first-order valence-electron chi connectivity index (χ1n) is 4.83. The maximum absolute atomic E-state index is 11.0. The zero-order valence-corrected chi connectivity index (χ0v) is 8.47. The molecule has 0 saturated heterocycles. The number of Topliss-reactive ketones (excluding diaryl/α,β-unsaturated/α-hetero) is 1. The van der Waals surface area contributed by atoms with E-state index in [1.54, 1.807) is 0 Å². The van der Waals surface area contributed by atoms with E-state index in [9.17, 15) is 9.90 Å². The maximum atomic E-state index is 11.0. The molecule has 0 aromatic heterocycles. The van der Waals surface area contributed by atoms with Gasteiger partial charge in [-0.2, -0.15) is 0 Å². The van der Waals surface area contributed by atoms with E-state index in [0.717, 1.165) is 5.56 Å². The third kappa shape index (κ3) is 3.46. The van der Waals surface area contributed by atoms with Gasteiger partial charge in [-0.15, -0.1) is 0 Å². The van der Waals surface area contributed by atoms with Crippen LogP contribution in [0.15, 0.2) is 30.3 Å². The minimum Gasteiger partial charge on any atom is -0.388 e. The number of aliphatic hydroxyl groups excluding tert-OH is 2. The third-order valence-corrected chi connectivity index (χ3v) is 2.27. The molecule has 15 heavy (non-hydrogen) atoms. The highest BCUT2D eigenvalue weighted by Gasteiger charge is 2.21. The maximum Gasteiger partial charge on any atom is 0.186 e. The number of hydrogen-bond acceptors (Lipinski definition) is 3. The Morgan fingerprint density at radius 1 is 1.33 bits per heavy atom. The van der Waals surface area contributed by atoms with Crippen LogP contribution in [0.5, 0.6) is 0 Å². The molecule has 0 aliphatic carbocycles. The second kappa shape index (κ2) is 5.63. The molecule has 0 fully saturated rings. The Morgan fingerprint density at radius 3 is 2.47 bits per heavy atom. The van der Waals surface area contributed by atoms with Gasteiger partial charge >= 0.3 is 0 Å². The number of benzene rings is 1. The van der Waals surface area contributed by atoms with Gasteiger partial charge in [0, 0.05) is 0 Å². The van der Waals surface area contributed by atoms with Crippen molar-refractivity contribution in [2.45, 2.75) is 12.5 Å². The van der Waals surface area contributed by atoms with Crippen LogP contribution in [0, 0.1) is 12.8 Å². The number of hydrogen-bond donors (Lipinski definition) is 2. The molecule has 3 heteroatoms. The summed E-state index contributed by atoms with van der Waals surface area (Å²) in [7, 11) is 0. The molecule has 0 heterocycles. The number of carbonyl (C=O) groups is 1. The molecule has 1 radical (unpaired) electrons. The van der Waals surface area contributed by atoms with Crippen molar-refractivity contribution < 1.29 is 15.0 Å². The molecule has 1 rings (SSSR count). The smallest absolute Gasteiger partial charge is 0.186 e. The van der Waals surface area contributed by atoms with Crippen LogP contribution < -0.4 is 0 Å². The second-order valence-corrected chi connectivity index (χ2v) is 3.52. The lowest BCUT2D eigenvalue weighted by molar-refractivity contribution is -0.131. The van der Waals surface area contributed by atoms with Crippen molar-refractivity contribution in [3.05, 3.63) is 42.8 Å². The monoisotopic (exact) mass is 207 g/mol. The van der Waals surface area contributed by atoms with Gasteiger partial charge in [0.25, 0.3) is 0 Å². The Bertz CT molecular complexity index is 308. The predicted octanol–water partition coefficient (Wildman–Crippen LogP) is 0.602. The highest BCUT2D eigenvalue weighted by Crippen LogP contribution is 2.12. The van der Waals surface area contributed by atoms with Gasteiger partial charge in [0.1, 0.15) is 12.7 Å². The van der Waals surface area contributed by atoms with Crippen LogP contribution in [0.25, 0.3) is 0 Å². The average molecular weight is 207 g/mol. The van der Waals surface area contributed by atoms with Crippen LogP contribution in [0.2, 0.25) is 0 Å². The van der Waals surface area contributed by atoms with Gasteiger partial charge in [0.15, 0.2) is 5.78 Å². The summed E-state index contributed by atoms with van der Waals surface area (Å²) in [5.41, 5.74) is 1.02. The van der Waals surface area contributed by atoms with Crippen molar-refractivity contribution in [3.63, 3.8) is 0 Å². The van der Waals surface area contributed by atoms with E-state index in [0.29, 0.717) is 6.42 Å². The normalized spacial score (nSPS) is 14.6. The first-order chi connectivity index (χ1) is 7.15. The fourth-order valence-corrected chi connectivity index (χ4v) is 1.38. The molecule has 2 unspecified atom stereocenters. The molecule has 3 nitrogen and oxygen atoms in total. The van der Waals surface area contributed by atoms with E-state index < -0.39 is 24.4 Å². The van der Waals surface area contributed by atoms with E-state index in [1.165, 1.54) is 0 Å². The lowest BCUT2D eigenvalue weighted by Crippen LogP contribution is -2.31. The standard InChI is InChI=1S/C12H15O3/c1-9(12(15)11(14)8-13)7-10-5-3-2-4-6-10/h2-6,9,12-13,15H,1,7-8H2. The average Bonchev–Trinajstić information content (AvgIpc) is 2.28. The molecule has 0 amide bonds. The largest absolute Gasteiger partial charge is 0.388 e. The Labute approximate surface area is 89.4 Å². The highest BCUT2D eigenvalue weighted by atomic mass is 16.3. The first kappa shape index (κ1) is 11.9. The van der Waals surface area contributed by atoms with Crippen LogP contribution in [-0.2, 0) is 11.2 Å². The fourth-order valence-electron chi connectivity index (χ4n) is 1.38. The zero-order valence-electron chi connectivity index (χ0n) is 8.47. The topological polar surface area (TPSA) is 57.5 Å². The Hall–Kier alpha value is -1.19. The van der Waals surface area contributed by atoms with Crippen molar-refractivity contribution in [2.75, 3.05) is 6.61 Å². The molecule has 1 aromatic carbocycles. The molecular formula is C12H15O3. The van der Waals surface area contributed by atoms with Gasteiger partial charge in [0.05, 0.1) is 0 Å². The van der Waals surface area contributed by atoms with E-state index >= 15 is 0 Å². The van der Waals surface area contributed by atoms with Crippen LogP contribution >= 0.6 is 0 Å². The van der Waals surface area contributed by atoms with Crippen LogP contribution in [0.4, 0.5) is 0 Å². The Morgan fingerprint density at radius 2 is 1.93 bits per heavy atom. The molecular weight excluding hydrogens is 192 g/mol. The molecule has 0 saturated carbocycles. The molecule has 81 valence electrons. The minimum absolute atomic E-state index is 0.424. The molecule has 0 aliphatic rings. The SMILES string of the molecule is [CH2]C(Cc1ccccc1)C(O)C(=O)CO. The summed E-state index contributed by atoms with van der Waals surface area (Å²) in [5.74, 6) is -1.00.